The Balaban J connectivity index is 0.000000141. The summed E-state index contributed by atoms with van der Waals surface area (Å²) in [6.45, 7) is 25.9. The normalized spacial score (nSPS) is 13.0. The van der Waals surface area contributed by atoms with Gasteiger partial charge in [-0.15, -0.1) is 6.58 Å². The number of aromatic nitrogens is 18. The zero-order chi connectivity index (χ0) is 85.9. The number of halogens is 8. The summed E-state index contributed by atoms with van der Waals surface area (Å²) in [5.74, 6) is 0.0665. The minimum atomic E-state index is -0.386. The first-order chi connectivity index (χ1) is 57.0. The standard InChI is InChI=1S/C18H23ClN4O2.C18H20ClN3O.C16H21ClN4O.C16H16ClN3O.C9H7ClIN3O.C7H5ClIN3O/c1-4-13(5-2)23-16-15(12-6-8-22(9-7-12)11(3)24)14(19)10-20-17(16)21-18(23)25;1-3-18(4-2,13-8-6-5-7-9-13)12-22-15-10-14(19)11-20-16(15)21-17(22)23;1-3-11(4-2)21-14-13(10-5-7-18-8-6-10)12(17)9-19-15(14)20-16(21)22;1-16(2,9-11-6-4-3-5-7-11)20-13-8-12(17)10-18-14(13)19-15(20)21;1-2-3-14-7-6(11)5(10)4-12-8(7)13-9(14)15;1-12-5-4(9)3(8)2-10-6(5)11-7(12)13/h6,10,13H,4-5,7-9H2,1-3H3,(H,20,21,25);5-11H,3-4,12H2,1-2H3,(H,20,21,23);5,9,11,18H,3-4,6-8H2,1-2H3,(H,19,20,22);3-8,10H,9H2,1-2H3,(H,18,19,21);2,4H,1,3H2,(H,12,13,15);2H,1H3,(H,10,11,13). The molecular weight excluding hydrogens is 1870 g/mol. The van der Waals surface area contributed by atoms with E-state index in [0.717, 1.165) is 121 Å². The van der Waals surface area contributed by atoms with Gasteiger partial charge in [0.2, 0.25) is 5.91 Å². The van der Waals surface area contributed by atoms with Gasteiger partial charge in [-0.3, -0.25) is 62.1 Å². The van der Waals surface area contributed by atoms with Gasteiger partial charge in [-0.2, -0.15) is 0 Å². The van der Waals surface area contributed by atoms with Gasteiger partial charge in [-0.25, -0.2) is 58.7 Å². The molecular formula is C84H92Cl6I2N20O7. The molecule has 1 amide bonds. The van der Waals surface area contributed by atoms with Crippen molar-refractivity contribution in [3.8, 4) is 0 Å². The van der Waals surface area contributed by atoms with Crippen LogP contribution in [0, 0.1) is 7.14 Å². The summed E-state index contributed by atoms with van der Waals surface area (Å²) in [5.41, 5.74) is 13.1. The van der Waals surface area contributed by atoms with Gasteiger partial charge in [0.25, 0.3) is 0 Å². The molecule has 12 aromatic heterocycles. The average molecular weight is 1960 g/mol. The molecule has 0 saturated heterocycles. The number of rotatable bonds is 18. The first kappa shape index (κ1) is 90.6. The molecule has 2 aliphatic heterocycles. The van der Waals surface area contributed by atoms with E-state index in [2.05, 4.69) is 189 Å². The number of fused-ring (bicyclic) bond motifs is 6. The van der Waals surface area contributed by atoms with Crippen molar-refractivity contribution in [3.63, 3.8) is 0 Å². The topological polar surface area (TPSA) is 336 Å². The molecule has 0 fully saturated rings. The van der Waals surface area contributed by atoms with Crippen LogP contribution in [0.4, 0.5) is 0 Å². The van der Waals surface area contributed by atoms with E-state index >= 15 is 0 Å². The lowest BCUT2D eigenvalue weighted by Gasteiger charge is -2.32. The van der Waals surface area contributed by atoms with Crippen LogP contribution in [0.25, 0.3) is 78.1 Å². The van der Waals surface area contributed by atoms with Gasteiger partial charge in [0.15, 0.2) is 33.9 Å². The first-order valence-corrected chi connectivity index (χ1v) is 43.3. The fourth-order valence-corrected chi connectivity index (χ4v) is 17.8. The number of imidazole rings is 6. The summed E-state index contributed by atoms with van der Waals surface area (Å²) < 4.78 is 11.8. The van der Waals surface area contributed by atoms with Gasteiger partial charge in [-0.05, 0) is 158 Å². The van der Waals surface area contributed by atoms with Crippen LogP contribution in [0.2, 0.25) is 30.1 Å². The smallest absolute Gasteiger partial charge is 0.328 e. The molecule has 7 N–H and O–H groups in total. The van der Waals surface area contributed by atoms with Crippen LogP contribution in [-0.2, 0) is 42.3 Å². The molecule has 14 heterocycles. The highest BCUT2D eigenvalue weighted by molar-refractivity contribution is 14.1. The summed E-state index contributed by atoms with van der Waals surface area (Å²) in [5, 5.41) is 6.60. The van der Waals surface area contributed by atoms with Crippen LogP contribution in [0.3, 0.4) is 0 Å². The molecule has 2 aromatic carbocycles. The molecule has 626 valence electrons. The van der Waals surface area contributed by atoms with Crippen LogP contribution in [0.1, 0.15) is 148 Å². The van der Waals surface area contributed by atoms with Crippen molar-refractivity contribution in [2.75, 3.05) is 26.2 Å². The maximum Gasteiger partial charge on any atom is 0.328 e. The van der Waals surface area contributed by atoms with Crippen molar-refractivity contribution < 1.29 is 4.79 Å². The highest BCUT2D eigenvalue weighted by Crippen LogP contribution is 2.39. The third-order valence-corrected chi connectivity index (χ3v) is 25.9. The van der Waals surface area contributed by atoms with E-state index in [4.69, 9.17) is 69.6 Å². The molecule has 35 heteroatoms. The number of H-pyrrole nitrogens is 6. The zero-order valence-electron chi connectivity index (χ0n) is 67.3. The van der Waals surface area contributed by atoms with Crippen molar-refractivity contribution in [1.82, 2.24) is 97.4 Å². The number of pyridine rings is 6. The van der Waals surface area contributed by atoms with Gasteiger partial charge in [0.05, 0.1) is 59.3 Å². The van der Waals surface area contributed by atoms with E-state index in [0.29, 0.717) is 96.6 Å². The molecule has 0 bridgehead atoms. The Labute approximate surface area is 741 Å². The van der Waals surface area contributed by atoms with Crippen LogP contribution in [0.5, 0.6) is 0 Å². The van der Waals surface area contributed by atoms with E-state index in [9.17, 15) is 33.6 Å². The van der Waals surface area contributed by atoms with Crippen LogP contribution < -0.4 is 39.5 Å². The van der Waals surface area contributed by atoms with E-state index in [1.807, 2.05) is 60.9 Å². The van der Waals surface area contributed by atoms with Crippen molar-refractivity contribution >= 4 is 199 Å². The molecule has 0 atom stereocenters. The number of amides is 1. The summed E-state index contributed by atoms with van der Waals surface area (Å²) in [4.78, 5) is 128. The first-order valence-electron chi connectivity index (χ1n) is 38.9. The number of carbonyl (C=O) groups is 1. The monoisotopic (exact) mass is 1960 g/mol. The molecule has 27 nitrogen and oxygen atoms in total. The fourth-order valence-electron chi connectivity index (χ4n) is 15.3. The molecule has 14 aromatic rings. The second-order valence-corrected chi connectivity index (χ2v) is 33.9. The lowest BCUT2D eigenvalue weighted by molar-refractivity contribution is -0.128. The lowest BCUT2D eigenvalue weighted by atomic mass is 9.75. The highest BCUT2D eigenvalue weighted by atomic mass is 127. The Morgan fingerprint density at radius 1 is 0.538 bits per heavy atom. The number of hydrogen-bond acceptors (Lipinski definition) is 14. The van der Waals surface area contributed by atoms with Gasteiger partial charge < -0.3 is 10.2 Å². The predicted octanol–water partition coefficient (Wildman–Crippen LogP) is 17.7. The Bertz CT molecular complexity index is 6470. The molecule has 16 rings (SSSR count). The maximum absolute atomic E-state index is 12.5. The Kier molecular flexibility index (Phi) is 30.4. The molecule has 0 radical (unpaired) electrons. The molecule has 0 spiro atoms. The number of aryl methyl sites for hydroxylation is 1. The minimum Gasteiger partial charge on any atom is -0.339 e. The largest absolute Gasteiger partial charge is 0.339 e. The van der Waals surface area contributed by atoms with Gasteiger partial charge in [-0.1, -0.05) is 190 Å². The molecule has 0 unspecified atom stereocenters. The van der Waals surface area contributed by atoms with E-state index in [1.54, 1.807) is 73.9 Å². The van der Waals surface area contributed by atoms with E-state index in [-0.39, 0.29) is 63.1 Å². The van der Waals surface area contributed by atoms with Crippen molar-refractivity contribution in [2.45, 2.75) is 156 Å². The highest BCUT2D eigenvalue weighted by Gasteiger charge is 2.32. The molecule has 0 saturated carbocycles. The molecule has 119 heavy (non-hydrogen) atoms. The maximum atomic E-state index is 12.5. The predicted molar refractivity (Wildman–Crippen MR) is 497 cm³/mol. The zero-order valence-corrected chi connectivity index (χ0v) is 76.1. The summed E-state index contributed by atoms with van der Waals surface area (Å²) in [6, 6.07) is 24.3. The summed E-state index contributed by atoms with van der Waals surface area (Å²) in [7, 11) is 1.68. The minimum absolute atomic E-state index is 0.0665. The Morgan fingerprint density at radius 3 is 1.48 bits per heavy atom. The van der Waals surface area contributed by atoms with Crippen LogP contribution in [0.15, 0.2) is 164 Å². The molecule has 2 aliphatic rings. The van der Waals surface area contributed by atoms with Gasteiger partial charge >= 0.3 is 34.1 Å². The molecule has 0 aliphatic carbocycles. The number of hydrogen-bond donors (Lipinski definition) is 7. The van der Waals surface area contributed by atoms with Gasteiger partial charge in [0, 0.05) is 118 Å². The summed E-state index contributed by atoms with van der Waals surface area (Å²) in [6.07, 6.45) is 23.0. The third kappa shape index (κ3) is 19.9. The number of nitrogens with zero attached hydrogens (tertiary/aromatic N) is 13. The number of aromatic amines is 6. The van der Waals surface area contributed by atoms with Crippen molar-refractivity contribution in [1.29, 1.82) is 0 Å². The second-order valence-electron chi connectivity index (χ2n) is 29.2. The number of allylic oxidation sites excluding steroid dienone is 1. The number of carbonyl (C=O) groups excluding carboxylic acids is 1. The lowest BCUT2D eigenvalue weighted by Crippen LogP contribution is -2.36. The second kappa shape index (κ2) is 40.0. The van der Waals surface area contributed by atoms with E-state index in [1.165, 1.54) is 39.9 Å². The van der Waals surface area contributed by atoms with Crippen molar-refractivity contribution in [3.05, 3.63) is 257 Å². The van der Waals surface area contributed by atoms with Crippen LogP contribution >= 0.6 is 115 Å². The number of nitrogens with one attached hydrogen (secondary N) is 7. The fraction of sp³-hybridized carbons (Fsp3) is 0.345. The Morgan fingerprint density at radius 2 is 0.983 bits per heavy atom. The number of benzene rings is 2. The van der Waals surface area contributed by atoms with E-state index < -0.39 is 0 Å². The van der Waals surface area contributed by atoms with Crippen LogP contribution in [-0.4, -0.2) is 124 Å². The average Bonchev–Trinajstić information content (AvgIpc) is 1.60. The third-order valence-electron chi connectivity index (χ3n) is 21.6. The Hall–Kier alpha value is -9.19. The van der Waals surface area contributed by atoms with Gasteiger partial charge in [0.1, 0.15) is 11.0 Å². The van der Waals surface area contributed by atoms with Crippen molar-refractivity contribution in [2.24, 2.45) is 7.05 Å². The SMILES string of the molecule is C=CCn1c(=O)[nH]c2ncc(Cl)c(I)c21.CC(C)(Cc1ccccc1)n1c(=O)[nH]c2ncc(Cl)cc21.CCC(CC)(Cn1c(=O)[nH]c2ncc(Cl)cc21)c1ccccc1.CCC(CC)n1c(=O)[nH]c2ncc(Cl)c(C3=CCN(C(C)=O)CC3)c21.CCC(CC)n1c(=O)[nH]c2ncc(Cl)c(C3=CCNCC3)c21.Cn1c(=O)[nH]c2ncc(Cl)c(I)c21. The quantitative estimate of drug-likeness (QED) is 0.0310. The summed E-state index contributed by atoms with van der Waals surface area (Å²) >= 11 is 41.0.